The quantitative estimate of drug-likeness (QED) is 0.0799. The van der Waals surface area contributed by atoms with Crippen LogP contribution in [0.4, 0.5) is 87.8 Å². The van der Waals surface area contributed by atoms with Crippen LogP contribution in [0.3, 0.4) is 0 Å². The minimum Gasteiger partial charge on any atom is -0.355 e. The van der Waals surface area contributed by atoms with Gasteiger partial charge < -0.3 is 9.97 Å². The Kier molecular flexibility index (Phi) is 13.1. The molecule has 7 aromatic rings. The normalized spacial score (nSPS) is 12.1. The van der Waals surface area contributed by atoms with E-state index in [1.807, 2.05) is 4.98 Å². The summed E-state index contributed by atoms with van der Waals surface area (Å²) in [6.45, 7) is 0. The number of aromatic nitrogens is 4. The van der Waals surface area contributed by atoms with Crippen LogP contribution in [0.2, 0.25) is 0 Å². The second kappa shape index (κ2) is 18.0. The Labute approximate surface area is 390 Å². The first-order chi connectivity index (χ1) is 32.0. The summed E-state index contributed by atoms with van der Waals surface area (Å²) in [5.41, 5.74) is -24.0. The van der Waals surface area contributed by atoms with Crippen molar-refractivity contribution in [3.8, 4) is 33.4 Å². The maximum Gasteiger partial charge on any atom is 0.200 e. The van der Waals surface area contributed by atoms with E-state index in [-0.39, 0.29) is 46.2 Å². The van der Waals surface area contributed by atoms with Gasteiger partial charge in [-0.25, -0.2) is 97.8 Å². The van der Waals surface area contributed by atoms with Gasteiger partial charge in [0.15, 0.2) is 93.1 Å². The zero-order valence-electron chi connectivity index (χ0n) is 32.9. The molecule has 26 heteroatoms. The number of nitrogens with one attached hydrogen (secondary N) is 2. The molecule has 0 saturated heterocycles. The molecule has 0 saturated carbocycles. The summed E-state index contributed by atoms with van der Waals surface area (Å²) < 4.78 is 310. The molecule has 0 unspecified atom stereocenters. The van der Waals surface area contributed by atoms with Crippen LogP contribution in [0, 0.1) is 116 Å². The first kappa shape index (κ1) is 50.8. The van der Waals surface area contributed by atoms with Crippen LogP contribution in [-0.4, -0.2) is 19.9 Å². The zero-order chi connectivity index (χ0) is 49.3. The molecule has 70 heavy (non-hydrogen) atoms. The Hall–Kier alpha value is -7.11. The van der Waals surface area contributed by atoms with E-state index in [1.54, 1.807) is 0 Å². The Bertz CT molecular complexity index is 3600. The molecule has 0 aliphatic carbocycles. The van der Waals surface area contributed by atoms with E-state index in [4.69, 9.17) is 0 Å². The zero-order valence-corrected chi connectivity index (χ0v) is 34.9. The van der Waals surface area contributed by atoms with Crippen molar-refractivity contribution in [1.29, 1.82) is 0 Å². The molecule has 5 heterocycles. The number of hydrogen-bond donors (Lipinski definition) is 2. The van der Waals surface area contributed by atoms with Gasteiger partial charge in [0.05, 0.1) is 50.5 Å². The van der Waals surface area contributed by atoms with Crippen LogP contribution in [0.5, 0.6) is 0 Å². The van der Waals surface area contributed by atoms with Crippen molar-refractivity contribution in [2.24, 2.45) is 0 Å². The summed E-state index contributed by atoms with van der Waals surface area (Å²) in [7, 11) is 0. The fourth-order valence-electron chi connectivity index (χ4n) is 7.51. The summed E-state index contributed by atoms with van der Waals surface area (Å²) >= 11 is 0. The fourth-order valence-corrected chi connectivity index (χ4v) is 7.51. The molecular formula is C44H11ClF20MnN4. The Balaban J connectivity index is 0.00000361. The summed E-state index contributed by atoms with van der Waals surface area (Å²) in [4.78, 5) is 12.7. The predicted octanol–water partition coefficient (Wildman–Crippen LogP) is 14.3. The Morgan fingerprint density at radius 3 is 1.06 bits per heavy atom. The van der Waals surface area contributed by atoms with Gasteiger partial charge in [0, 0.05) is 55.9 Å². The fraction of sp³-hybridized carbons (Fsp3) is 0. The molecule has 9 rings (SSSR count). The van der Waals surface area contributed by atoms with Crippen LogP contribution in [0.25, 0.3) is 79.2 Å². The minimum absolute atomic E-state index is 0. The second-order valence-corrected chi connectivity index (χ2v) is 14.4. The first-order valence-corrected chi connectivity index (χ1v) is 18.3. The van der Waals surface area contributed by atoms with E-state index in [1.165, 1.54) is 24.3 Å². The minimum atomic E-state index is -3.05. The smallest absolute Gasteiger partial charge is 0.200 e. The Morgan fingerprint density at radius 2 is 0.643 bits per heavy atom. The molecule has 2 N–H and O–H groups in total. The monoisotopic (exact) mass is 1060 g/mol. The van der Waals surface area contributed by atoms with Gasteiger partial charge in [0.25, 0.3) is 0 Å². The summed E-state index contributed by atoms with van der Waals surface area (Å²) in [5.74, 6) is -58.8. The van der Waals surface area contributed by atoms with Gasteiger partial charge in [-0.2, -0.15) is 0 Å². The SMILES string of the molecule is Cl.Fc1c(F)c(F)c(C2=Cc3cc4ccc(cc5nc(cc6[nH]c(c(-c7c(F)c(F)c(F)c(F)c7F)c2n3)c(-c2c(F)c(F)c(F)c(F)c2F)c6-c2c(F)c(F)c(F)c(F)c2F)C=C5)[nH]4)c(F)c1F.[Mn]. The van der Waals surface area contributed by atoms with Gasteiger partial charge >= 0.3 is 0 Å². The molecular weight excluding hydrogens is 1050 g/mol. The number of fused-ring (bicyclic) bond motifs is 8. The molecule has 0 fully saturated rings. The maximum atomic E-state index is 16.4. The average Bonchev–Trinajstić information content (AvgIpc) is 4.13. The Morgan fingerprint density at radius 1 is 0.314 bits per heavy atom. The molecule has 0 atom stereocenters. The number of nitrogens with zero attached hydrogens (tertiary/aromatic N) is 2. The van der Waals surface area contributed by atoms with Crippen molar-refractivity contribution >= 4 is 58.3 Å². The van der Waals surface area contributed by atoms with Gasteiger partial charge in [-0.3, -0.25) is 0 Å². The maximum absolute atomic E-state index is 16.4. The van der Waals surface area contributed by atoms with Crippen molar-refractivity contribution in [3.63, 3.8) is 0 Å². The number of benzene rings is 4. The number of halogens is 21. The average molecular weight is 1070 g/mol. The largest absolute Gasteiger partial charge is 0.355 e. The summed E-state index contributed by atoms with van der Waals surface area (Å²) in [6, 6.07) is 5.11. The van der Waals surface area contributed by atoms with Gasteiger partial charge in [-0.1, -0.05) is 0 Å². The number of aromatic amines is 2. The van der Waals surface area contributed by atoms with Crippen molar-refractivity contribution < 1.29 is 105 Å². The number of H-pyrrole nitrogens is 2. The van der Waals surface area contributed by atoms with E-state index in [9.17, 15) is 26.3 Å². The molecule has 361 valence electrons. The van der Waals surface area contributed by atoms with Gasteiger partial charge in [0.1, 0.15) is 0 Å². The molecule has 2 aliphatic rings. The topological polar surface area (TPSA) is 57.4 Å². The first-order valence-electron chi connectivity index (χ1n) is 18.3. The molecule has 0 amide bonds. The van der Waals surface area contributed by atoms with E-state index < -0.39 is 189 Å². The summed E-state index contributed by atoms with van der Waals surface area (Å²) in [5, 5.41) is 0. The third-order valence-corrected chi connectivity index (χ3v) is 10.5. The third-order valence-electron chi connectivity index (χ3n) is 10.5. The van der Waals surface area contributed by atoms with E-state index in [0.717, 1.165) is 12.1 Å². The van der Waals surface area contributed by atoms with Crippen molar-refractivity contribution in [2.75, 3.05) is 0 Å². The molecule has 4 nitrogen and oxygen atoms in total. The van der Waals surface area contributed by atoms with Crippen LogP contribution in [0.1, 0.15) is 28.3 Å². The van der Waals surface area contributed by atoms with Crippen LogP contribution in [-0.2, 0) is 17.1 Å². The van der Waals surface area contributed by atoms with Gasteiger partial charge in [0.2, 0.25) is 23.3 Å². The third kappa shape index (κ3) is 7.48. The molecule has 4 aromatic carbocycles. The molecule has 3 aromatic heterocycles. The molecule has 0 spiro atoms. The van der Waals surface area contributed by atoms with Crippen LogP contribution < -0.4 is 0 Å². The van der Waals surface area contributed by atoms with Crippen molar-refractivity contribution in [2.45, 2.75) is 0 Å². The van der Waals surface area contributed by atoms with Crippen LogP contribution in [0.15, 0.2) is 30.3 Å². The van der Waals surface area contributed by atoms with Crippen LogP contribution >= 0.6 is 12.4 Å². The van der Waals surface area contributed by atoms with Gasteiger partial charge in [-0.05, 0) is 48.6 Å². The molecule has 8 bridgehead atoms. The second-order valence-electron chi connectivity index (χ2n) is 14.4. The standard InChI is InChI=1S/C44H10F20N4.ClH.Mn/c45-23-16(24(46)32(54)39(61)31(23)53)14-7-13-6-11-2-1-9(65-11)5-10-3-4-12(66-10)8-15-17(19-25(47)33(55)40(62)34(56)26(19)48)18(20-27(49)35(57)41(63)36(58)28(20)50)44(68-15)22(43(14)67-13)21-29(51)37(59)42(64)38(60)30(21)52;;/h1-8,65,68H;1H;. The van der Waals surface area contributed by atoms with E-state index in [2.05, 4.69) is 15.0 Å². The molecule has 1 radical (unpaired) electrons. The van der Waals surface area contributed by atoms with E-state index >= 15 is 61.5 Å². The van der Waals surface area contributed by atoms with Crippen molar-refractivity contribution in [3.05, 3.63) is 175 Å². The van der Waals surface area contributed by atoms with E-state index in [0.29, 0.717) is 12.1 Å². The molecule has 2 aliphatic heterocycles. The number of hydrogen-bond acceptors (Lipinski definition) is 2. The predicted molar refractivity (Wildman–Crippen MR) is 206 cm³/mol. The summed E-state index contributed by atoms with van der Waals surface area (Å²) in [6.07, 6.45) is 2.52. The van der Waals surface area contributed by atoms with Crippen molar-refractivity contribution in [1.82, 2.24) is 19.9 Å². The number of rotatable bonds is 4. The van der Waals surface area contributed by atoms with Gasteiger partial charge in [-0.15, -0.1) is 12.4 Å².